The average molecular weight is 275 g/mol. The first kappa shape index (κ1) is 15.2. The summed E-state index contributed by atoms with van der Waals surface area (Å²) in [4.78, 5) is 14.6. The van der Waals surface area contributed by atoms with Crippen molar-refractivity contribution in [3.63, 3.8) is 0 Å². The molecule has 20 heavy (non-hydrogen) atoms. The summed E-state index contributed by atoms with van der Waals surface area (Å²) in [5, 5.41) is 0. The summed E-state index contributed by atoms with van der Waals surface area (Å²) in [7, 11) is 0. The van der Waals surface area contributed by atoms with Crippen molar-refractivity contribution in [2.75, 3.05) is 26.2 Å². The van der Waals surface area contributed by atoms with Gasteiger partial charge in [-0.1, -0.05) is 12.1 Å². The van der Waals surface area contributed by atoms with Crippen LogP contribution in [0.3, 0.4) is 0 Å². The maximum Gasteiger partial charge on any atom is 0.176 e. The Labute approximate surface area is 121 Å². The van der Waals surface area contributed by atoms with Crippen LogP contribution in [0.15, 0.2) is 18.2 Å². The number of hydrogen-bond acceptors (Lipinski definition) is 3. The summed E-state index contributed by atoms with van der Waals surface area (Å²) in [5.41, 5.74) is 3.24. The van der Waals surface area contributed by atoms with Crippen LogP contribution < -0.4 is 0 Å². The average Bonchev–Trinajstić information content (AvgIpc) is 2.42. The van der Waals surface area contributed by atoms with Gasteiger partial charge in [-0.25, -0.2) is 0 Å². The fraction of sp³-hybridized carbons (Fsp3) is 0.588. The number of rotatable bonds is 5. The lowest BCUT2D eigenvalue weighted by atomic mass is 10.0. The van der Waals surface area contributed by atoms with E-state index in [1.165, 1.54) is 11.1 Å². The van der Waals surface area contributed by atoms with Gasteiger partial charge in [0.25, 0.3) is 0 Å². The molecule has 0 saturated carbocycles. The first-order valence-electron chi connectivity index (χ1n) is 7.54. The van der Waals surface area contributed by atoms with Crippen molar-refractivity contribution in [3.05, 3.63) is 34.9 Å². The minimum Gasteiger partial charge on any atom is -0.377 e. The van der Waals surface area contributed by atoms with Gasteiger partial charge in [-0.15, -0.1) is 0 Å². The van der Waals surface area contributed by atoms with E-state index in [0.29, 0.717) is 12.6 Å². The van der Waals surface area contributed by atoms with Crippen LogP contribution in [0, 0.1) is 13.8 Å². The number of carbonyl (C=O) groups excluding carboxylic acids is 1. The predicted octanol–water partition coefficient (Wildman–Crippen LogP) is 2.99. The first-order chi connectivity index (χ1) is 9.60. The van der Waals surface area contributed by atoms with E-state index in [2.05, 4.69) is 18.7 Å². The van der Waals surface area contributed by atoms with Crippen molar-refractivity contribution in [3.8, 4) is 0 Å². The molecule has 0 amide bonds. The third-order valence-corrected chi connectivity index (χ3v) is 4.06. The summed E-state index contributed by atoms with van der Waals surface area (Å²) in [6.07, 6.45) is 2.52. The third-order valence-electron chi connectivity index (χ3n) is 4.06. The Balaban J connectivity index is 1.95. The van der Waals surface area contributed by atoms with E-state index < -0.39 is 0 Å². The first-order valence-corrected chi connectivity index (χ1v) is 7.54. The van der Waals surface area contributed by atoms with Crippen LogP contribution in [0.4, 0.5) is 0 Å². The van der Waals surface area contributed by atoms with Crippen LogP contribution in [0.5, 0.6) is 0 Å². The van der Waals surface area contributed by atoms with Gasteiger partial charge in [0.1, 0.15) is 0 Å². The van der Waals surface area contributed by atoms with Gasteiger partial charge >= 0.3 is 0 Å². The molecule has 2 rings (SSSR count). The molecule has 0 aliphatic carbocycles. The third kappa shape index (κ3) is 3.90. The van der Waals surface area contributed by atoms with Crippen LogP contribution in [-0.2, 0) is 4.74 Å². The molecular formula is C17H25NO2. The zero-order valence-corrected chi connectivity index (χ0v) is 12.8. The summed E-state index contributed by atoms with van der Waals surface area (Å²) >= 11 is 0. The molecule has 3 nitrogen and oxygen atoms in total. The molecular weight excluding hydrogens is 250 g/mol. The van der Waals surface area contributed by atoms with Gasteiger partial charge < -0.3 is 4.74 Å². The Morgan fingerprint density at radius 1 is 1.35 bits per heavy atom. The zero-order chi connectivity index (χ0) is 14.5. The minimum absolute atomic E-state index is 0.213. The fourth-order valence-corrected chi connectivity index (χ4v) is 2.74. The number of piperidine rings is 1. The molecule has 1 aromatic rings. The van der Waals surface area contributed by atoms with Crippen molar-refractivity contribution < 1.29 is 9.53 Å². The molecule has 1 heterocycles. The number of benzene rings is 1. The van der Waals surface area contributed by atoms with Gasteiger partial charge in [-0.05, 0) is 57.4 Å². The molecule has 1 aliphatic rings. The lowest BCUT2D eigenvalue weighted by Crippen LogP contribution is -2.42. The Kier molecular flexibility index (Phi) is 5.32. The van der Waals surface area contributed by atoms with E-state index in [-0.39, 0.29) is 5.78 Å². The number of aryl methyl sites for hydroxylation is 2. The minimum atomic E-state index is 0.213. The molecule has 1 aromatic carbocycles. The lowest BCUT2D eigenvalue weighted by Gasteiger charge is -2.31. The number of carbonyl (C=O) groups is 1. The highest BCUT2D eigenvalue weighted by Gasteiger charge is 2.22. The largest absolute Gasteiger partial charge is 0.377 e. The van der Waals surface area contributed by atoms with Gasteiger partial charge in [0.2, 0.25) is 0 Å². The number of nitrogens with zero attached hydrogens (tertiary/aromatic N) is 1. The van der Waals surface area contributed by atoms with E-state index in [0.717, 1.165) is 38.1 Å². The molecule has 0 radical (unpaired) electrons. The number of Topliss-reactive ketones (excluding diaryl/α,β-unsaturated/α-hetero) is 1. The van der Waals surface area contributed by atoms with Crippen LogP contribution in [-0.4, -0.2) is 43.0 Å². The Bertz CT molecular complexity index is 468. The molecule has 1 atom stereocenters. The Morgan fingerprint density at radius 2 is 2.15 bits per heavy atom. The number of likely N-dealkylation sites (tertiary alicyclic amines) is 1. The van der Waals surface area contributed by atoms with Gasteiger partial charge in [0.15, 0.2) is 5.78 Å². The van der Waals surface area contributed by atoms with Gasteiger partial charge in [-0.3, -0.25) is 9.69 Å². The molecule has 1 fully saturated rings. The highest BCUT2D eigenvalue weighted by Crippen LogP contribution is 2.15. The normalized spacial score (nSPS) is 20.1. The smallest absolute Gasteiger partial charge is 0.176 e. The van der Waals surface area contributed by atoms with Crippen molar-refractivity contribution in [2.24, 2.45) is 0 Å². The van der Waals surface area contributed by atoms with E-state index in [9.17, 15) is 4.79 Å². The molecule has 1 unspecified atom stereocenters. The quantitative estimate of drug-likeness (QED) is 0.774. The van der Waals surface area contributed by atoms with E-state index in [1.807, 2.05) is 25.1 Å². The van der Waals surface area contributed by atoms with E-state index in [1.54, 1.807) is 0 Å². The summed E-state index contributed by atoms with van der Waals surface area (Å²) in [5.74, 6) is 0.213. The van der Waals surface area contributed by atoms with Crippen LogP contribution in [0.1, 0.15) is 41.3 Å². The molecule has 3 heteroatoms. The van der Waals surface area contributed by atoms with Gasteiger partial charge in [-0.2, -0.15) is 0 Å². The monoisotopic (exact) mass is 275 g/mol. The summed E-state index contributed by atoms with van der Waals surface area (Å²) < 4.78 is 5.68. The van der Waals surface area contributed by atoms with Crippen molar-refractivity contribution in [1.82, 2.24) is 4.90 Å². The second-order valence-electron chi connectivity index (χ2n) is 5.68. The van der Waals surface area contributed by atoms with E-state index in [4.69, 9.17) is 4.74 Å². The number of ether oxygens (including phenoxy) is 1. The SMILES string of the molecule is CCOC1CCCN(CC(=O)c2ccc(C)c(C)c2)C1. The second kappa shape index (κ2) is 7.00. The molecule has 1 saturated heterocycles. The van der Waals surface area contributed by atoms with Gasteiger partial charge in [0, 0.05) is 18.7 Å². The van der Waals surface area contributed by atoms with Crippen molar-refractivity contribution in [1.29, 1.82) is 0 Å². The number of hydrogen-bond donors (Lipinski definition) is 0. The molecule has 0 bridgehead atoms. The molecule has 110 valence electrons. The summed E-state index contributed by atoms with van der Waals surface area (Å²) in [6.45, 7) is 9.29. The topological polar surface area (TPSA) is 29.5 Å². The maximum absolute atomic E-state index is 12.4. The Hall–Kier alpha value is -1.19. The highest BCUT2D eigenvalue weighted by atomic mass is 16.5. The molecule has 1 aliphatic heterocycles. The summed E-state index contributed by atoms with van der Waals surface area (Å²) in [6, 6.07) is 5.97. The number of ketones is 1. The Morgan fingerprint density at radius 3 is 2.85 bits per heavy atom. The maximum atomic E-state index is 12.4. The molecule has 0 N–H and O–H groups in total. The van der Waals surface area contributed by atoms with Crippen LogP contribution in [0.25, 0.3) is 0 Å². The standard InChI is InChI=1S/C17H25NO2/c1-4-20-16-6-5-9-18(11-16)12-17(19)15-8-7-13(2)14(3)10-15/h7-8,10,16H,4-6,9,11-12H2,1-3H3. The predicted molar refractivity (Wildman–Crippen MR) is 81.3 cm³/mol. The van der Waals surface area contributed by atoms with Gasteiger partial charge in [0.05, 0.1) is 12.6 Å². The van der Waals surface area contributed by atoms with Crippen molar-refractivity contribution in [2.45, 2.75) is 39.7 Å². The lowest BCUT2D eigenvalue weighted by molar-refractivity contribution is 0.00718. The zero-order valence-electron chi connectivity index (χ0n) is 12.8. The second-order valence-corrected chi connectivity index (χ2v) is 5.68. The van der Waals surface area contributed by atoms with E-state index >= 15 is 0 Å². The van der Waals surface area contributed by atoms with Crippen LogP contribution >= 0.6 is 0 Å². The fourth-order valence-electron chi connectivity index (χ4n) is 2.74. The van der Waals surface area contributed by atoms with Crippen LogP contribution in [0.2, 0.25) is 0 Å². The van der Waals surface area contributed by atoms with Crippen molar-refractivity contribution >= 4 is 5.78 Å². The highest BCUT2D eigenvalue weighted by molar-refractivity contribution is 5.97. The molecule has 0 spiro atoms. The molecule has 0 aromatic heterocycles.